The fourth-order valence-electron chi connectivity index (χ4n) is 2.69. The molecule has 4 aromatic rings. The van der Waals surface area contributed by atoms with Crippen molar-refractivity contribution in [2.75, 3.05) is 5.32 Å². The van der Waals surface area contributed by atoms with Crippen molar-refractivity contribution in [1.82, 2.24) is 19.6 Å². The van der Waals surface area contributed by atoms with E-state index in [0.717, 1.165) is 22.8 Å². The Morgan fingerprint density at radius 3 is 2.12 bits per heavy atom. The fraction of sp³-hybridized carbons (Fsp3) is 0.150. The van der Waals surface area contributed by atoms with Crippen LogP contribution < -0.4 is 5.32 Å². The van der Waals surface area contributed by atoms with Crippen LogP contribution in [0.2, 0.25) is 0 Å². The van der Waals surface area contributed by atoms with E-state index in [2.05, 4.69) is 70.6 Å². The van der Waals surface area contributed by atoms with Crippen LogP contribution in [0.5, 0.6) is 0 Å². The lowest BCUT2D eigenvalue weighted by Crippen LogP contribution is -2.02. The molecule has 5 heteroatoms. The molecule has 2 aromatic heterocycles. The Hall–Kier alpha value is -3.21. The number of nitrogens with zero attached hydrogens (tertiary/aromatic N) is 4. The monoisotopic (exact) mass is 329 g/mol. The average molecular weight is 329 g/mol. The standard InChI is InChI=1S/C20H19N5/c1-13-4-8-16(9-5-13)19-23-20-21-15(3)12-18(25(20)24-19)22-17-10-6-14(2)7-11-17/h4-12,22H,1-3H3. The highest BCUT2D eigenvalue weighted by molar-refractivity contribution is 5.62. The van der Waals surface area contributed by atoms with Gasteiger partial charge in [0.2, 0.25) is 0 Å². The summed E-state index contributed by atoms with van der Waals surface area (Å²) < 4.78 is 1.75. The quantitative estimate of drug-likeness (QED) is 0.603. The van der Waals surface area contributed by atoms with Crippen molar-refractivity contribution >= 4 is 17.3 Å². The van der Waals surface area contributed by atoms with Gasteiger partial charge in [0.25, 0.3) is 5.78 Å². The third-order valence-corrected chi connectivity index (χ3v) is 4.07. The van der Waals surface area contributed by atoms with Gasteiger partial charge in [0, 0.05) is 23.0 Å². The fourth-order valence-corrected chi connectivity index (χ4v) is 2.69. The number of aromatic nitrogens is 4. The minimum Gasteiger partial charge on any atom is -0.340 e. The van der Waals surface area contributed by atoms with Gasteiger partial charge in [0.1, 0.15) is 5.82 Å². The van der Waals surface area contributed by atoms with Crippen molar-refractivity contribution in [2.45, 2.75) is 20.8 Å². The maximum absolute atomic E-state index is 4.65. The normalized spacial score (nSPS) is 11.0. The van der Waals surface area contributed by atoms with E-state index in [1.807, 2.05) is 25.1 Å². The highest BCUT2D eigenvalue weighted by Crippen LogP contribution is 2.21. The average Bonchev–Trinajstić information content (AvgIpc) is 3.01. The summed E-state index contributed by atoms with van der Waals surface area (Å²) in [6.45, 7) is 6.10. The van der Waals surface area contributed by atoms with Crippen LogP contribution in [0.15, 0.2) is 54.6 Å². The van der Waals surface area contributed by atoms with Crippen LogP contribution in [-0.4, -0.2) is 19.6 Å². The molecule has 2 aromatic carbocycles. The zero-order valence-corrected chi connectivity index (χ0v) is 14.5. The minimum absolute atomic E-state index is 0.588. The highest BCUT2D eigenvalue weighted by atomic mass is 15.4. The van der Waals surface area contributed by atoms with E-state index >= 15 is 0 Å². The summed E-state index contributed by atoms with van der Waals surface area (Å²) in [6, 6.07) is 18.4. The number of nitrogens with one attached hydrogen (secondary N) is 1. The summed E-state index contributed by atoms with van der Waals surface area (Å²) in [6.07, 6.45) is 0. The summed E-state index contributed by atoms with van der Waals surface area (Å²) in [5.74, 6) is 2.10. The molecule has 0 aliphatic heterocycles. The van der Waals surface area contributed by atoms with Gasteiger partial charge >= 0.3 is 0 Å². The van der Waals surface area contributed by atoms with Crippen LogP contribution >= 0.6 is 0 Å². The second kappa shape index (κ2) is 6.02. The smallest absolute Gasteiger partial charge is 0.254 e. The third kappa shape index (κ3) is 3.08. The Balaban J connectivity index is 1.78. The topological polar surface area (TPSA) is 55.1 Å². The molecule has 0 bridgehead atoms. The van der Waals surface area contributed by atoms with Crippen LogP contribution in [0.25, 0.3) is 17.2 Å². The molecular formula is C20H19N5. The van der Waals surface area contributed by atoms with Crippen molar-refractivity contribution in [3.05, 3.63) is 71.4 Å². The number of anilines is 2. The van der Waals surface area contributed by atoms with Crippen molar-refractivity contribution < 1.29 is 0 Å². The van der Waals surface area contributed by atoms with Crippen molar-refractivity contribution in [3.63, 3.8) is 0 Å². The molecule has 2 heterocycles. The molecule has 124 valence electrons. The number of hydrogen-bond acceptors (Lipinski definition) is 4. The molecule has 0 amide bonds. The van der Waals surface area contributed by atoms with E-state index < -0.39 is 0 Å². The van der Waals surface area contributed by atoms with Crippen LogP contribution in [-0.2, 0) is 0 Å². The van der Waals surface area contributed by atoms with Gasteiger partial charge in [-0.15, -0.1) is 5.10 Å². The number of aryl methyl sites for hydroxylation is 3. The number of benzene rings is 2. The Morgan fingerprint density at radius 1 is 0.800 bits per heavy atom. The Bertz CT molecular complexity index is 1030. The summed E-state index contributed by atoms with van der Waals surface area (Å²) in [4.78, 5) is 9.10. The predicted octanol–water partition coefficient (Wildman–Crippen LogP) is 4.46. The maximum atomic E-state index is 4.65. The minimum atomic E-state index is 0.588. The first kappa shape index (κ1) is 15.3. The first-order valence-corrected chi connectivity index (χ1v) is 8.24. The molecule has 25 heavy (non-hydrogen) atoms. The predicted molar refractivity (Wildman–Crippen MR) is 100 cm³/mol. The highest BCUT2D eigenvalue weighted by Gasteiger charge is 2.11. The van der Waals surface area contributed by atoms with E-state index in [4.69, 9.17) is 0 Å². The zero-order chi connectivity index (χ0) is 17.4. The third-order valence-electron chi connectivity index (χ3n) is 4.07. The maximum Gasteiger partial charge on any atom is 0.254 e. The van der Waals surface area contributed by atoms with Gasteiger partial charge in [-0.05, 0) is 32.9 Å². The Labute approximate surface area is 146 Å². The van der Waals surface area contributed by atoms with Crippen LogP contribution in [0.4, 0.5) is 11.5 Å². The lowest BCUT2D eigenvalue weighted by atomic mass is 10.1. The second-order valence-electron chi connectivity index (χ2n) is 6.29. The van der Waals surface area contributed by atoms with Crippen molar-refractivity contribution in [3.8, 4) is 11.4 Å². The van der Waals surface area contributed by atoms with E-state index in [1.54, 1.807) is 4.52 Å². The van der Waals surface area contributed by atoms with E-state index in [-0.39, 0.29) is 0 Å². The largest absolute Gasteiger partial charge is 0.340 e. The molecule has 0 aliphatic rings. The molecule has 0 spiro atoms. The van der Waals surface area contributed by atoms with Gasteiger partial charge in [-0.2, -0.15) is 9.50 Å². The first-order chi connectivity index (χ1) is 12.1. The zero-order valence-electron chi connectivity index (χ0n) is 14.5. The van der Waals surface area contributed by atoms with E-state index in [9.17, 15) is 0 Å². The van der Waals surface area contributed by atoms with Crippen LogP contribution in [0, 0.1) is 20.8 Å². The summed E-state index contributed by atoms with van der Waals surface area (Å²) in [7, 11) is 0. The lowest BCUT2D eigenvalue weighted by molar-refractivity contribution is 0.940. The SMILES string of the molecule is Cc1ccc(Nc2cc(C)nc3nc(-c4ccc(C)cc4)nn23)cc1. The summed E-state index contributed by atoms with van der Waals surface area (Å²) >= 11 is 0. The van der Waals surface area contributed by atoms with Gasteiger partial charge in [-0.25, -0.2) is 4.98 Å². The molecule has 1 N–H and O–H groups in total. The molecule has 5 nitrogen and oxygen atoms in total. The Morgan fingerprint density at radius 2 is 1.44 bits per heavy atom. The van der Waals surface area contributed by atoms with Gasteiger partial charge in [-0.1, -0.05) is 47.5 Å². The van der Waals surface area contributed by atoms with Crippen molar-refractivity contribution in [2.24, 2.45) is 0 Å². The van der Waals surface area contributed by atoms with Gasteiger partial charge < -0.3 is 5.32 Å². The molecule has 0 saturated carbocycles. The van der Waals surface area contributed by atoms with E-state index in [0.29, 0.717) is 11.6 Å². The molecule has 0 aliphatic carbocycles. The Kier molecular flexibility index (Phi) is 3.69. The van der Waals surface area contributed by atoms with Crippen molar-refractivity contribution in [1.29, 1.82) is 0 Å². The van der Waals surface area contributed by atoms with Gasteiger partial charge in [-0.3, -0.25) is 0 Å². The first-order valence-electron chi connectivity index (χ1n) is 8.24. The molecule has 0 unspecified atom stereocenters. The van der Waals surface area contributed by atoms with E-state index in [1.165, 1.54) is 11.1 Å². The molecule has 0 atom stereocenters. The number of fused-ring (bicyclic) bond motifs is 1. The molecule has 4 rings (SSSR count). The molecule has 0 saturated heterocycles. The molecule has 0 fully saturated rings. The second-order valence-corrected chi connectivity index (χ2v) is 6.29. The lowest BCUT2D eigenvalue weighted by Gasteiger charge is -2.08. The molecule has 0 radical (unpaired) electrons. The van der Waals surface area contributed by atoms with Gasteiger partial charge in [0.05, 0.1) is 0 Å². The summed E-state index contributed by atoms with van der Waals surface area (Å²) in [5.41, 5.74) is 5.32. The van der Waals surface area contributed by atoms with Crippen LogP contribution in [0.1, 0.15) is 16.8 Å². The molecular weight excluding hydrogens is 310 g/mol. The van der Waals surface area contributed by atoms with Crippen LogP contribution in [0.3, 0.4) is 0 Å². The summed E-state index contributed by atoms with van der Waals surface area (Å²) in [5, 5.41) is 8.06. The van der Waals surface area contributed by atoms with Gasteiger partial charge in [0.15, 0.2) is 5.82 Å². The number of rotatable bonds is 3. The number of hydrogen-bond donors (Lipinski definition) is 1.